The van der Waals surface area contributed by atoms with Crippen LogP contribution in [0.25, 0.3) is 21.9 Å². The molecule has 5 aromatic rings. The number of nitrogens with zero attached hydrogens (tertiary/aromatic N) is 4. The van der Waals surface area contributed by atoms with Crippen LogP contribution in [0.3, 0.4) is 0 Å². The van der Waals surface area contributed by atoms with Crippen molar-refractivity contribution in [2.45, 2.75) is 0 Å². The third-order valence-corrected chi connectivity index (χ3v) is 7.34. The van der Waals surface area contributed by atoms with Crippen LogP contribution in [0.4, 0.5) is 11.4 Å². The minimum Gasteiger partial charge on any atom is -0.324 e. The Morgan fingerprint density at radius 3 is 2.49 bits per heavy atom. The van der Waals surface area contributed by atoms with Crippen LogP contribution in [0.15, 0.2) is 77.6 Å². The summed E-state index contributed by atoms with van der Waals surface area (Å²) < 4.78 is 1.41. The Labute approximate surface area is 223 Å². The first-order valence-corrected chi connectivity index (χ1v) is 12.6. The normalized spacial score (nSPS) is 14.3. The van der Waals surface area contributed by atoms with Gasteiger partial charge >= 0.3 is 0 Å². The van der Waals surface area contributed by atoms with E-state index in [9.17, 15) is 14.4 Å². The summed E-state index contributed by atoms with van der Waals surface area (Å²) in [6, 6.07) is 20.8. The summed E-state index contributed by atoms with van der Waals surface area (Å²) in [6.07, 6.45) is 0. The van der Waals surface area contributed by atoms with E-state index in [2.05, 4.69) is 15.4 Å². The Bertz CT molecular complexity index is 1830. The van der Waals surface area contributed by atoms with E-state index in [1.165, 1.54) is 9.42 Å². The van der Waals surface area contributed by atoms with Crippen LogP contribution in [0.1, 0.15) is 5.56 Å². The highest BCUT2D eigenvalue weighted by Crippen LogP contribution is 2.35. The molecule has 0 aliphatic carbocycles. The van der Waals surface area contributed by atoms with Crippen LogP contribution >= 0.6 is 34.5 Å². The highest BCUT2D eigenvalue weighted by atomic mass is 35.5. The predicted octanol–water partition coefficient (Wildman–Crippen LogP) is 4.03. The molecule has 2 aromatic heterocycles. The molecule has 1 aliphatic rings. The monoisotopic (exact) mass is 547 g/mol. The highest BCUT2D eigenvalue weighted by Gasteiger charge is 2.35. The smallest absolute Gasteiger partial charge is 0.291 e. The lowest BCUT2D eigenvalue weighted by molar-refractivity contribution is -0.118. The zero-order valence-corrected chi connectivity index (χ0v) is 21.1. The average molecular weight is 548 g/mol. The molecule has 11 heteroatoms. The Hall–Kier alpha value is -4.05. The predicted molar refractivity (Wildman–Crippen MR) is 144 cm³/mol. The standard InChI is InChI=1S/C26H15Cl2N5O3S/c27-15-10-8-14(9-11-15)23-30-26-33(31-23)25(36)22(37-26)21-18-6-1-2-7-19(18)32(24(21)35)13-20(34)29-17-5-3-4-16(28)12-17/h1-12H,13H2,(H,29,34)/b22-21-. The van der Waals surface area contributed by atoms with Gasteiger partial charge < -0.3 is 5.32 Å². The van der Waals surface area contributed by atoms with Gasteiger partial charge in [0, 0.05) is 26.9 Å². The van der Waals surface area contributed by atoms with E-state index in [0.717, 1.165) is 11.3 Å². The van der Waals surface area contributed by atoms with Crippen LogP contribution in [0.2, 0.25) is 10.0 Å². The molecule has 6 rings (SSSR count). The van der Waals surface area contributed by atoms with Crippen molar-refractivity contribution in [3.63, 3.8) is 0 Å². The number of aromatic nitrogens is 3. The molecule has 8 nitrogen and oxygen atoms in total. The van der Waals surface area contributed by atoms with Gasteiger partial charge in [-0.2, -0.15) is 9.50 Å². The van der Waals surface area contributed by atoms with E-state index in [1.54, 1.807) is 72.8 Å². The second-order valence-corrected chi connectivity index (χ2v) is 10.1. The Morgan fingerprint density at radius 1 is 0.946 bits per heavy atom. The molecule has 2 amide bonds. The molecule has 182 valence electrons. The van der Waals surface area contributed by atoms with Gasteiger partial charge in [0.15, 0.2) is 5.82 Å². The maximum Gasteiger partial charge on any atom is 0.291 e. The molecule has 37 heavy (non-hydrogen) atoms. The van der Waals surface area contributed by atoms with Gasteiger partial charge in [-0.25, -0.2) is 0 Å². The molecule has 3 aromatic carbocycles. The molecular weight excluding hydrogens is 533 g/mol. The summed E-state index contributed by atoms with van der Waals surface area (Å²) in [7, 11) is 0. The molecule has 0 saturated carbocycles. The molecule has 1 aliphatic heterocycles. The van der Waals surface area contributed by atoms with Crippen LogP contribution in [-0.4, -0.2) is 33.0 Å². The molecule has 3 heterocycles. The third kappa shape index (κ3) is 4.17. The number of hydrogen-bond acceptors (Lipinski definition) is 6. The Kier molecular flexibility index (Phi) is 5.75. The lowest BCUT2D eigenvalue weighted by Crippen LogP contribution is -2.37. The quantitative estimate of drug-likeness (QED) is 0.366. The topological polar surface area (TPSA) is 96.7 Å². The minimum atomic E-state index is -0.448. The number of amides is 2. The molecule has 0 atom stereocenters. The van der Waals surface area contributed by atoms with Gasteiger partial charge in [0.1, 0.15) is 11.1 Å². The SMILES string of the molecule is O=C(CN1C(=O)/C(=c2\sc3nc(-c4ccc(Cl)cc4)nn3c2=O)c2ccccc21)Nc1cccc(Cl)c1. The number of carbonyl (C=O) groups excluding carboxylic acids is 2. The van der Waals surface area contributed by atoms with Gasteiger partial charge in [-0.3, -0.25) is 19.3 Å². The molecule has 0 unspecified atom stereocenters. The Morgan fingerprint density at radius 2 is 1.73 bits per heavy atom. The van der Waals surface area contributed by atoms with Crippen LogP contribution < -0.4 is 20.3 Å². The number of para-hydroxylation sites is 1. The summed E-state index contributed by atoms with van der Waals surface area (Å²) in [5.74, 6) is -0.458. The van der Waals surface area contributed by atoms with Crippen molar-refractivity contribution in [2.75, 3.05) is 16.8 Å². The molecule has 0 fully saturated rings. The maximum absolute atomic E-state index is 13.6. The number of halogens is 2. The van der Waals surface area contributed by atoms with E-state index in [1.807, 2.05) is 0 Å². The first-order chi connectivity index (χ1) is 17.9. The van der Waals surface area contributed by atoms with Gasteiger partial charge in [-0.05, 0) is 48.5 Å². The summed E-state index contributed by atoms with van der Waals surface area (Å²) >= 11 is 13.0. The second kappa shape index (κ2) is 9.11. The van der Waals surface area contributed by atoms with Gasteiger partial charge in [-0.1, -0.05) is 58.8 Å². The van der Waals surface area contributed by atoms with Crippen molar-refractivity contribution >= 4 is 68.3 Å². The average Bonchev–Trinajstić information content (AvgIpc) is 3.51. The van der Waals surface area contributed by atoms with Crippen molar-refractivity contribution in [1.29, 1.82) is 0 Å². The number of nitrogens with one attached hydrogen (secondary N) is 1. The molecule has 0 spiro atoms. The van der Waals surface area contributed by atoms with Crippen LogP contribution in [-0.2, 0) is 9.59 Å². The van der Waals surface area contributed by atoms with Gasteiger partial charge in [0.2, 0.25) is 10.9 Å². The first-order valence-electron chi connectivity index (χ1n) is 11.1. The number of hydrogen-bond donors (Lipinski definition) is 1. The minimum absolute atomic E-state index is 0.216. The number of anilines is 2. The van der Waals surface area contributed by atoms with Crippen molar-refractivity contribution in [3.05, 3.63) is 103 Å². The maximum atomic E-state index is 13.6. The van der Waals surface area contributed by atoms with Crippen LogP contribution in [0, 0.1) is 0 Å². The molecule has 0 bridgehead atoms. The third-order valence-electron chi connectivity index (χ3n) is 5.82. The fourth-order valence-electron chi connectivity index (χ4n) is 4.17. The summed E-state index contributed by atoms with van der Waals surface area (Å²) in [5.41, 5.74) is 2.13. The zero-order chi connectivity index (χ0) is 25.7. The number of benzene rings is 3. The molecule has 1 N–H and O–H groups in total. The lowest BCUT2D eigenvalue weighted by atomic mass is 10.1. The van der Waals surface area contributed by atoms with E-state index in [0.29, 0.717) is 43.3 Å². The summed E-state index contributed by atoms with van der Waals surface area (Å²) in [4.78, 5) is 45.9. The van der Waals surface area contributed by atoms with E-state index >= 15 is 0 Å². The number of rotatable bonds is 4. The van der Waals surface area contributed by atoms with E-state index in [4.69, 9.17) is 23.2 Å². The number of thiazole rings is 1. The van der Waals surface area contributed by atoms with Crippen molar-refractivity contribution in [1.82, 2.24) is 14.6 Å². The first kappa shape index (κ1) is 23.4. The fraction of sp³-hybridized carbons (Fsp3) is 0.0385. The lowest BCUT2D eigenvalue weighted by Gasteiger charge is -2.16. The number of carbonyl (C=O) groups is 2. The molecule has 0 saturated heterocycles. The zero-order valence-electron chi connectivity index (χ0n) is 18.8. The van der Waals surface area contributed by atoms with E-state index in [-0.39, 0.29) is 16.7 Å². The largest absolute Gasteiger partial charge is 0.324 e. The Balaban J connectivity index is 1.38. The fourth-order valence-corrected chi connectivity index (χ4v) is 5.49. The van der Waals surface area contributed by atoms with Gasteiger partial charge in [-0.15, -0.1) is 5.10 Å². The molecular formula is C26H15Cl2N5O3S. The van der Waals surface area contributed by atoms with E-state index < -0.39 is 17.4 Å². The van der Waals surface area contributed by atoms with Gasteiger partial charge in [0.25, 0.3) is 11.5 Å². The second-order valence-electron chi connectivity index (χ2n) is 8.21. The van der Waals surface area contributed by atoms with Crippen molar-refractivity contribution in [3.8, 4) is 11.4 Å². The van der Waals surface area contributed by atoms with Crippen molar-refractivity contribution in [2.24, 2.45) is 0 Å². The summed E-state index contributed by atoms with van der Waals surface area (Å²) in [5, 5.41) is 8.17. The highest BCUT2D eigenvalue weighted by molar-refractivity contribution is 7.15. The summed E-state index contributed by atoms with van der Waals surface area (Å²) in [6.45, 7) is -0.235. The van der Waals surface area contributed by atoms with Crippen molar-refractivity contribution < 1.29 is 9.59 Å². The molecule has 0 radical (unpaired) electrons. The number of fused-ring (bicyclic) bond motifs is 2. The van der Waals surface area contributed by atoms with Crippen LogP contribution in [0.5, 0.6) is 0 Å². The van der Waals surface area contributed by atoms with Gasteiger partial charge in [0.05, 0.1) is 11.3 Å².